The lowest BCUT2D eigenvalue weighted by Gasteiger charge is -2.40. The molecule has 1 saturated carbocycles. The van der Waals surface area contributed by atoms with Gasteiger partial charge in [0.25, 0.3) is 0 Å². The molecule has 1 atom stereocenters. The van der Waals surface area contributed by atoms with Crippen molar-refractivity contribution >= 4 is 0 Å². The van der Waals surface area contributed by atoms with E-state index in [2.05, 4.69) is 31.3 Å². The zero-order chi connectivity index (χ0) is 14.9. The second kappa shape index (κ2) is 5.62. The Morgan fingerprint density at radius 2 is 1.90 bits per heavy atom. The van der Waals surface area contributed by atoms with Gasteiger partial charge >= 0.3 is 0 Å². The van der Waals surface area contributed by atoms with Gasteiger partial charge in [0, 0.05) is 24.6 Å². The van der Waals surface area contributed by atoms with E-state index in [0.717, 1.165) is 37.9 Å². The Labute approximate surface area is 127 Å². The first-order chi connectivity index (χ1) is 9.98. The van der Waals surface area contributed by atoms with Gasteiger partial charge in [0.05, 0.1) is 5.60 Å². The highest BCUT2D eigenvalue weighted by Crippen LogP contribution is 2.39. The van der Waals surface area contributed by atoms with E-state index in [1.165, 1.54) is 12.0 Å². The van der Waals surface area contributed by atoms with Gasteiger partial charge in [-0.2, -0.15) is 0 Å². The van der Waals surface area contributed by atoms with E-state index in [0.29, 0.717) is 6.54 Å². The van der Waals surface area contributed by atoms with Crippen molar-refractivity contribution < 1.29 is 9.84 Å². The fraction of sp³-hybridized carbons (Fsp3) is 0.667. The van der Waals surface area contributed by atoms with E-state index in [9.17, 15) is 5.11 Å². The molecule has 0 saturated heterocycles. The fourth-order valence-electron chi connectivity index (χ4n) is 3.68. The van der Waals surface area contributed by atoms with Crippen LogP contribution in [0.2, 0.25) is 0 Å². The van der Waals surface area contributed by atoms with Gasteiger partial charge in [-0.05, 0) is 32.8 Å². The van der Waals surface area contributed by atoms with E-state index in [1.807, 2.05) is 12.1 Å². The van der Waals surface area contributed by atoms with Crippen LogP contribution in [0.1, 0.15) is 64.0 Å². The molecule has 1 aromatic carbocycles. The lowest BCUT2D eigenvalue weighted by atomic mass is 9.83. The minimum absolute atomic E-state index is 0.165. The van der Waals surface area contributed by atoms with Crippen LogP contribution in [0.25, 0.3) is 0 Å². The zero-order valence-corrected chi connectivity index (χ0v) is 13.2. The topological polar surface area (TPSA) is 41.5 Å². The maximum atomic E-state index is 10.7. The molecule has 116 valence electrons. The summed E-state index contributed by atoms with van der Waals surface area (Å²) in [6.07, 6.45) is 6.33. The third-order valence-electron chi connectivity index (χ3n) is 4.84. The number of rotatable bonds is 3. The molecule has 1 aliphatic heterocycles. The minimum Gasteiger partial charge on any atom is -0.487 e. The highest BCUT2D eigenvalue weighted by atomic mass is 16.5. The third kappa shape index (κ3) is 3.41. The van der Waals surface area contributed by atoms with Crippen molar-refractivity contribution in [3.05, 3.63) is 29.8 Å². The molecular formula is C18H27NO2. The lowest BCUT2D eigenvalue weighted by Crippen LogP contribution is -2.46. The SMILES string of the molecule is CC1(C)CC(NCC2(O)CCCCC2)c2ccccc2O1. The summed E-state index contributed by atoms with van der Waals surface area (Å²) in [5.74, 6) is 0.974. The second-order valence-corrected chi connectivity index (χ2v) is 7.32. The molecule has 1 aromatic rings. The molecule has 1 aliphatic carbocycles. The summed E-state index contributed by atoms with van der Waals surface area (Å²) < 4.78 is 6.06. The van der Waals surface area contributed by atoms with Crippen LogP contribution in [0.15, 0.2) is 24.3 Å². The first-order valence-corrected chi connectivity index (χ1v) is 8.21. The van der Waals surface area contributed by atoms with Gasteiger partial charge in [0.2, 0.25) is 0 Å². The highest BCUT2D eigenvalue weighted by Gasteiger charge is 2.35. The molecule has 0 amide bonds. The number of benzene rings is 1. The van der Waals surface area contributed by atoms with Gasteiger partial charge in [-0.3, -0.25) is 0 Å². The van der Waals surface area contributed by atoms with Crippen LogP contribution < -0.4 is 10.1 Å². The lowest BCUT2D eigenvalue weighted by molar-refractivity contribution is -0.00322. The normalized spacial score (nSPS) is 26.7. The molecule has 3 rings (SSSR count). The smallest absolute Gasteiger partial charge is 0.124 e. The van der Waals surface area contributed by atoms with Crippen LogP contribution in [-0.2, 0) is 0 Å². The summed E-state index contributed by atoms with van der Waals surface area (Å²) in [6.45, 7) is 4.95. The fourth-order valence-corrected chi connectivity index (χ4v) is 3.68. The van der Waals surface area contributed by atoms with Gasteiger partial charge in [-0.1, -0.05) is 37.5 Å². The van der Waals surface area contributed by atoms with Crippen LogP contribution in [-0.4, -0.2) is 22.9 Å². The molecule has 3 heteroatoms. The van der Waals surface area contributed by atoms with Gasteiger partial charge in [-0.25, -0.2) is 0 Å². The quantitative estimate of drug-likeness (QED) is 0.893. The van der Waals surface area contributed by atoms with Crippen molar-refractivity contribution in [3.8, 4) is 5.75 Å². The molecule has 2 aliphatic rings. The maximum Gasteiger partial charge on any atom is 0.124 e. The number of nitrogens with one attached hydrogen (secondary N) is 1. The molecular weight excluding hydrogens is 262 g/mol. The Morgan fingerprint density at radius 3 is 2.67 bits per heavy atom. The monoisotopic (exact) mass is 289 g/mol. The molecule has 3 nitrogen and oxygen atoms in total. The largest absolute Gasteiger partial charge is 0.487 e. The molecule has 0 spiro atoms. The van der Waals surface area contributed by atoms with E-state index in [1.54, 1.807) is 0 Å². The number of para-hydroxylation sites is 1. The number of fused-ring (bicyclic) bond motifs is 1. The Balaban J connectivity index is 1.72. The standard InChI is InChI=1S/C18H27NO2/c1-17(2)12-15(14-8-4-5-9-16(14)21-17)19-13-18(20)10-6-3-7-11-18/h4-5,8-9,15,19-20H,3,6-7,10-13H2,1-2H3. The summed E-state index contributed by atoms with van der Waals surface area (Å²) in [4.78, 5) is 0. The summed E-state index contributed by atoms with van der Waals surface area (Å²) in [6, 6.07) is 8.51. The first kappa shape index (κ1) is 14.9. The molecule has 1 fully saturated rings. The number of ether oxygens (including phenoxy) is 1. The summed E-state index contributed by atoms with van der Waals surface area (Å²) in [5, 5.41) is 14.3. The van der Waals surface area contributed by atoms with Gasteiger partial charge in [0.1, 0.15) is 11.4 Å². The van der Waals surface area contributed by atoms with E-state index in [-0.39, 0.29) is 11.6 Å². The zero-order valence-electron chi connectivity index (χ0n) is 13.2. The molecule has 0 aromatic heterocycles. The molecule has 0 bridgehead atoms. The molecule has 1 heterocycles. The van der Waals surface area contributed by atoms with Crippen LogP contribution in [0.4, 0.5) is 0 Å². The molecule has 2 N–H and O–H groups in total. The average molecular weight is 289 g/mol. The Kier molecular flexibility index (Phi) is 3.98. The predicted molar refractivity (Wildman–Crippen MR) is 84.5 cm³/mol. The minimum atomic E-state index is -0.518. The molecule has 1 unspecified atom stereocenters. The van der Waals surface area contributed by atoms with Crippen molar-refractivity contribution in [2.75, 3.05) is 6.54 Å². The number of hydrogen-bond acceptors (Lipinski definition) is 3. The Morgan fingerprint density at radius 1 is 1.19 bits per heavy atom. The number of hydrogen-bond donors (Lipinski definition) is 2. The Hall–Kier alpha value is -1.06. The van der Waals surface area contributed by atoms with Gasteiger partial charge < -0.3 is 15.2 Å². The van der Waals surface area contributed by atoms with Crippen LogP contribution in [0.3, 0.4) is 0 Å². The van der Waals surface area contributed by atoms with Crippen molar-refractivity contribution in [2.24, 2.45) is 0 Å². The highest BCUT2D eigenvalue weighted by molar-refractivity contribution is 5.38. The van der Waals surface area contributed by atoms with Gasteiger partial charge in [0.15, 0.2) is 0 Å². The van der Waals surface area contributed by atoms with Crippen LogP contribution >= 0.6 is 0 Å². The second-order valence-electron chi connectivity index (χ2n) is 7.32. The number of aliphatic hydroxyl groups is 1. The first-order valence-electron chi connectivity index (χ1n) is 8.21. The van der Waals surface area contributed by atoms with Crippen molar-refractivity contribution in [1.82, 2.24) is 5.32 Å². The van der Waals surface area contributed by atoms with Crippen LogP contribution in [0, 0.1) is 0 Å². The third-order valence-corrected chi connectivity index (χ3v) is 4.84. The predicted octanol–water partition coefficient (Wildman–Crippen LogP) is 3.57. The van der Waals surface area contributed by atoms with Crippen molar-refractivity contribution in [3.63, 3.8) is 0 Å². The summed E-state index contributed by atoms with van der Waals surface area (Å²) in [7, 11) is 0. The van der Waals surface area contributed by atoms with E-state index in [4.69, 9.17) is 4.74 Å². The van der Waals surface area contributed by atoms with E-state index < -0.39 is 5.60 Å². The van der Waals surface area contributed by atoms with Gasteiger partial charge in [-0.15, -0.1) is 0 Å². The maximum absolute atomic E-state index is 10.7. The van der Waals surface area contributed by atoms with Crippen molar-refractivity contribution in [1.29, 1.82) is 0 Å². The Bertz CT molecular complexity index is 492. The van der Waals surface area contributed by atoms with Crippen molar-refractivity contribution in [2.45, 2.75) is 69.6 Å². The molecule has 0 radical (unpaired) electrons. The van der Waals surface area contributed by atoms with Crippen LogP contribution in [0.5, 0.6) is 5.75 Å². The summed E-state index contributed by atoms with van der Waals surface area (Å²) >= 11 is 0. The molecule has 21 heavy (non-hydrogen) atoms. The average Bonchev–Trinajstić information content (AvgIpc) is 2.44. The summed E-state index contributed by atoms with van der Waals surface area (Å²) in [5.41, 5.74) is 0.535. The van der Waals surface area contributed by atoms with E-state index >= 15 is 0 Å².